The van der Waals surface area contributed by atoms with E-state index in [2.05, 4.69) is 16.7 Å². The molecule has 0 saturated heterocycles. The standard InChI is InChI=1S/C19H17FN4O/c1-12(19(21)25)9-14-11-22-18(13-3-5-15(20)6-4-13)10-16(14)17-7-8-24(2)23-17/h3-8,10-11H,1,9H2,2H3,(H2,21,25). The predicted molar refractivity (Wildman–Crippen MR) is 93.9 cm³/mol. The van der Waals surface area contributed by atoms with Gasteiger partial charge in [-0.25, -0.2) is 4.39 Å². The third-order valence-corrected chi connectivity index (χ3v) is 3.87. The number of aryl methyl sites for hydroxylation is 1. The Bertz CT molecular complexity index is 944. The van der Waals surface area contributed by atoms with Gasteiger partial charge < -0.3 is 5.73 Å². The second-order valence-corrected chi connectivity index (χ2v) is 5.75. The Morgan fingerprint density at radius 3 is 2.56 bits per heavy atom. The van der Waals surface area contributed by atoms with E-state index in [9.17, 15) is 9.18 Å². The van der Waals surface area contributed by atoms with Gasteiger partial charge in [-0.05, 0) is 42.0 Å². The minimum atomic E-state index is -0.547. The fraction of sp³-hybridized carbons (Fsp3) is 0.105. The highest BCUT2D eigenvalue weighted by Crippen LogP contribution is 2.28. The van der Waals surface area contributed by atoms with Gasteiger partial charge in [0.2, 0.25) is 5.91 Å². The largest absolute Gasteiger partial charge is 0.366 e. The fourth-order valence-electron chi connectivity index (χ4n) is 2.52. The molecule has 2 heterocycles. The van der Waals surface area contributed by atoms with Crippen molar-refractivity contribution in [3.05, 3.63) is 72.3 Å². The van der Waals surface area contributed by atoms with E-state index in [1.165, 1.54) is 12.1 Å². The van der Waals surface area contributed by atoms with Gasteiger partial charge in [0.25, 0.3) is 0 Å². The zero-order chi connectivity index (χ0) is 18.0. The average Bonchev–Trinajstić information content (AvgIpc) is 3.02. The molecule has 1 amide bonds. The molecule has 3 aromatic rings. The van der Waals surface area contributed by atoms with Gasteiger partial charge in [-0.2, -0.15) is 5.10 Å². The van der Waals surface area contributed by atoms with E-state index in [1.807, 2.05) is 25.4 Å². The third kappa shape index (κ3) is 3.63. The van der Waals surface area contributed by atoms with Crippen LogP contribution in [-0.2, 0) is 18.3 Å². The zero-order valence-electron chi connectivity index (χ0n) is 13.7. The first kappa shape index (κ1) is 16.6. The maximum absolute atomic E-state index is 13.1. The van der Waals surface area contributed by atoms with Crippen LogP contribution in [-0.4, -0.2) is 20.7 Å². The summed E-state index contributed by atoms with van der Waals surface area (Å²) < 4.78 is 14.8. The summed E-state index contributed by atoms with van der Waals surface area (Å²) in [7, 11) is 1.83. The highest BCUT2D eigenvalue weighted by atomic mass is 19.1. The third-order valence-electron chi connectivity index (χ3n) is 3.87. The number of rotatable bonds is 5. The van der Waals surface area contributed by atoms with Gasteiger partial charge in [0, 0.05) is 42.6 Å². The van der Waals surface area contributed by atoms with Crippen molar-refractivity contribution in [3.63, 3.8) is 0 Å². The summed E-state index contributed by atoms with van der Waals surface area (Å²) in [6.45, 7) is 3.71. The van der Waals surface area contributed by atoms with Crippen LogP contribution >= 0.6 is 0 Å². The molecule has 0 radical (unpaired) electrons. The van der Waals surface area contributed by atoms with E-state index in [0.29, 0.717) is 11.3 Å². The van der Waals surface area contributed by atoms with Crippen LogP contribution in [0.3, 0.4) is 0 Å². The average molecular weight is 336 g/mol. The van der Waals surface area contributed by atoms with Crippen molar-refractivity contribution < 1.29 is 9.18 Å². The lowest BCUT2D eigenvalue weighted by molar-refractivity contribution is -0.114. The van der Waals surface area contributed by atoms with Crippen LogP contribution in [0.1, 0.15) is 5.56 Å². The van der Waals surface area contributed by atoms with Crippen molar-refractivity contribution in [1.29, 1.82) is 0 Å². The summed E-state index contributed by atoms with van der Waals surface area (Å²) >= 11 is 0. The maximum Gasteiger partial charge on any atom is 0.244 e. The van der Waals surface area contributed by atoms with Crippen molar-refractivity contribution in [2.45, 2.75) is 6.42 Å². The molecule has 0 aliphatic heterocycles. The van der Waals surface area contributed by atoms with Gasteiger partial charge >= 0.3 is 0 Å². The number of halogens is 1. The van der Waals surface area contributed by atoms with Gasteiger partial charge in [-0.15, -0.1) is 0 Å². The molecule has 2 N–H and O–H groups in total. The Morgan fingerprint density at radius 2 is 1.96 bits per heavy atom. The number of aromatic nitrogens is 3. The Morgan fingerprint density at radius 1 is 1.24 bits per heavy atom. The highest BCUT2D eigenvalue weighted by Gasteiger charge is 2.14. The van der Waals surface area contributed by atoms with Crippen LogP contribution in [0.2, 0.25) is 0 Å². The molecule has 0 unspecified atom stereocenters. The van der Waals surface area contributed by atoms with Crippen LogP contribution in [0.25, 0.3) is 22.5 Å². The number of hydrogen-bond donors (Lipinski definition) is 1. The predicted octanol–water partition coefficient (Wildman–Crippen LogP) is 2.87. The van der Waals surface area contributed by atoms with Crippen LogP contribution < -0.4 is 5.73 Å². The SMILES string of the molecule is C=C(Cc1cnc(-c2ccc(F)cc2)cc1-c1ccn(C)n1)C(N)=O. The van der Waals surface area contributed by atoms with Crippen LogP contribution in [0.5, 0.6) is 0 Å². The molecular formula is C19H17FN4O. The molecule has 0 spiro atoms. The van der Waals surface area contributed by atoms with Crippen molar-refractivity contribution >= 4 is 5.91 Å². The first-order valence-corrected chi connectivity index (χ1v) is 7.66. The Hall–Kier alpha value is -3.28. The molecule has 0 aliphatic carbocycles. The molecular weight excluding hydrogens is 319 g/mol. The Labute approximate surface area is 144 Å². The van der Waals surface area contributed by atoms with Gasteiger partial charge in [0.15, 0.2) is 0 Å². The lowest BCUT2D eigenvalue weighted by atomic mass is 9.98. The number of nitrogens with two attached hydrogens (primary N) is 1. The van der Waals surface area contributed by atoms with Crippen LogP contribution in [0.15, 0.2) is 60.9 Å². The summed E-state index contributed by atoms with van der Waals surface area (Å²) in [6, 6.07) is 9.86. The molecule has 2 aromatic heterocycles. The quantitative estimate of drug-likeness (QED) is 0.728. The normalized spacial score (nSPS) is 10.6. The molecule has 0 aliphatic rings. The number of nitrogens with zero attached hydrogens (tertiary/aromatic N) is 3. The number of carbonyl (C=O) groups is 1. The lowest BCUT2D eigenvalue weighted by Crippen LogP contribution is -2.15. The molecule has 0 bridgehead atoms. The highest BCUT2D eigenvalue weighted by molar-refractivity contribution is 5.92. The van der Waals surface area contributed by atoms with Crippen LogP contribution in [0, 0.1) is 5.82 Å². The number of carbonyl (C=O) groups excluding carboxylic acids is 1. The summed E-state index contributed by atoms with van der Waals surface area (Å²) in [5.41, 5.74) is 9.46. The number of hydrogen-bond acceptors (Lipinski definition) is 3. The Kier molecular flexibility index (Phi) is 4.43. The molecule has 0 atom stereocenters. The van der Waals surface area contributed by atoms with E-state index in [4.69, 9.17) is 5.73 Å². The number of pyridine rings is 1. The second kappa shape index (κ2) is 6.68. The van der Waals surface area contributed by atoms with E-state index in [0.717, 1.165) is 22.4 Å². The van der Waals surface area contributed by atoms with E-state index >= 15 is 0 Å². The molecule has 0 saturated carbocycles. The molecule has 3 rings (SSSR count). The summed E-state index contributed by atoms with van der Waals surface area (Å²) in [4.78, 5) is 15.8. The number of primary amides is 1. The monoisotopic (exact) mass is 336 g/mol. The zero-order valence-corrected chi connectivity index (χ0v) is 13.7. The van der Waals surface area contributed by atoms with E-state index in [-0.39, 0.29) is 12.2 Å². The number of amides is 1. The summed E-state index contributed by atoms with van der Waals surface area (Å²) in [5.74, 6) is -0.849. The fourth-order valence-corrected chi connectivity index (χ4v) is 2.52. The summed E-state index contributed by atoms with van der Waals surface area (Å²) in [6.07, 6.45) is 3.80. The number of benzene rings is 1. The first-order valence-electron chi connectivity index (χ1n) is 7.66. The Balaban J connectivity index is 2.08. The second-order valence-electron chi connectivity index (χ2n) is 5.75. The van der Waals surface area contributed by atoms with Crippen molar-refractivity contribution in [2.75, 3.05) is 0 Å². The molecule has 0 fully saturated rings. The lowest BCUT2D eigenvalue weighted by Gasteiger charge is -2.10. The van der Waals surface area contributed by atoms with Gasteiger partial charge in [-0.1, -0.05) is 6.58 Å². The van der Waals surface area contributed by atoms with Crippen molar-refractivity contribution in [3.8, 4) is 22.5 Å². The van der Waals surface area contributed by atoms with E-state index < -0.39 is 5.91 Å². The molecule has 25 heavy (non-hydrogen) atoms. The van der Waals surface area contributed by atoms with E-state index in [1.54, 1.807) is 23.0 Å². The molecule has 1 aromatic carbocycles. The van der Waals surface area contributed by atoms with Crippen molar-refractivity contribution in [2.24, 2.45) is 12.8 Å². The maximum atomic E-state index is 13.1. The molecule has 6 heteroatoms. The van der Waals surface area contributed by atoms with Gasteiger partial charge in [0.05, 0.1) is 11.4 Å². The topological polar surface area (TPSA) is 73.8 Å². The van der Waals surface area contributed by atoms with Crippen LogP contribution in [0.4, 0.5) is 4.39 Å². The minimum absolute atomic E-state index is 0.290. The summed E-state index contributed by atoms with van der Waals surface area (Å²) in [5, 5.41) is 4.43. The van der Waals surface area contributed by atoms with Gasteiger partial charge in [0.1, 0.15) is 5.82 Å². The first-order chi connectivity index (χ1) is 11.9. The smallest absolute Gasteiger partial charge is 0.244 e. The molecule has 5 nitrogen and oxygen atoms in total. The molecule has 126 valence electrons. The van der Waals surface area contributed by atoms with Gasteiger partial charge in [-0.3, -0.25) is 14.5 Å². The van der Waals surface area contributed by atoms with Crippen molar-refractivity contribution in [1.82, 2.24) is 14.8 Å². The minimum Gasteiger partial charge on any atom is -0.366 e.